The van der Waals surface area contributed by atoms with Crippen LogP contribution in [0.2, 0.25) is 0 Å². The van der Waals surface area contributed by atoms with Gasteiger partial charge in [-0.3, -0.25) is 4.99 Å². The van der Waals surface area contributed by atoms with Gasteiger partial charge in [-0.2, -0.15) is 0 Å². The highest BCUT2D eigenvalue weighted by Gasteiger charge is 2.07. The molecule has 0 spiro atoms. The molecule has 2 heterocycles. The molecule has 0 radical (unpaired) electrons. The Labute approximate surface area is 151 Å². The van der Waals surface area contributed by atoms with Gasteiger partial charge in [-0.1, -0.05) is 0 Å². The normalized spacial score (nSPS) is 11.5. The molecule has 0 aliphatic rings. The molecule has 0 aliphatic heterocycles. The molecule has 0 saturated carbocycles. The molecule has 3 aromatic rings. The molecular weight excluding hydrogens is 335 g/mol. The Morgan fingerprint density at radius 3 is 2.54 bits per heavy atom. The lowest BCUT2D eigenvalue weighted by atomic mass is 10.2. The summed E-state index contributed by atoms with van der Waals surface area (Å²) >= 11 is 0. The molecule has 0 fully saturated rings. The summed E-state index contributed by atoms with van der Waals surface area (Å²) in [6.07, 6.45) is 4.76. The first-order valence-electron chi connectivity index (χ1n) is 8.42. The Balaban J connectivity index is 1.43. The maximum absolute atomic E-state index is 13.0. The molecule has 7 heteroatoms. The van der Waals surface area contributed by atoms with Crippen molar-refractivity contribution in [1.29, 1.82) is 0 Å². The zero-order valence-electron chi connectivity index (χ0n) is 14.5. The second kappa shape index (κ2) is 8.84. The first kappa shape index (κ1) is 17.7. The van der Waals surface area contributed by atoms with Crippen molar-refractivity contribution in [3.63, 3.8) is 0 Å². The smallest absolute Gasteiger partial charge is 0.226 e. The number of rotatable bonds is 7. The maximum atomic E-state index is 13.0. The molecule has 2 N–H and O–H groups in total. The van der Waals surface area contributed by atoms with E-state index in [2.05, 4.69) is 20.6 Å². The van der Waals surface area contributed by atoms with Crippen LogP contribution in [-0.2, 0) is 12.8 Å². The number of hydrogen-bond donors (Lipinski definition) is 2. The van der Waals surface area contributed by atoms with Gasteiger partial charge in [0.15, 0.2) is 5.96 Å². The standard InChI is InChI=1S/C19H21FN4O2/c1-21-19(23-11-9-17-3-2-12-25-17)22-10-8-16-13-26-18(24-16)14-4-6-15(20)7-5-14/h2-7,12-13H,8-11H2,1H3,(H2,21,22,23). The lowest BCUT2D eigenvalue weighted by Crippen LogP contribution is -2.39. The van der Waals surface area contributed by atoms with Gasteiger partial charge >= 0.3 is 0 Å². The van der Waals surface area contributed by atoms with Gasteiger partial charge in [-0.15, -0.1) is 0 Å². The average molecular weight is 356 g/mol. The molecule has 0 atom stereocenters. The Kier molecular flexibility index (Phi) is 6.03. The van der Waals surface area contributed by atoms with Crippen molar-refractivity contribution in [1.82, 2.24) is 15.6 Å². The fourth-order valence-corrected chi connectivity index (χ4v) is 2.44. The summed E-state index contributed by atoms with van der Waals surface area (Å²) in [6.45, 7) is 1.39. The van der Waals surface area contributed by atoms with Gasteiger partial charge in [0, 0.05) is 38.5 Å². The number of halogens is 1. The molecule has 3 rings (SSSR count). The Morgan fingerprint density at radius 1 is 1.08 bits per heavy atom. The van der Waals surface area contributed by atoms with Crippen LogP contribution in [0, 0.1) is 5.82 Å². The van der Waals surface area contributed by atoms with E-state index >= 15 is 0 Å². The van der Waals surface area contributed by atoms with Crippen molar-refractivity contribution in [2.45, 2.75) is 12.8 Å². The van der Waals surface area contributed by atoms with Crippen LogP contribution in [0.4, 0.5) is 4.39 Å². The summed E-state index contributed by atoms with van der Waals surface area (Å²) in [5, 5.41) is 6.46. The minimum atomic E-state index is -0.282. The lowest BCUT2D eigenvalue weighted by molar-refractivity contribution is 0.507. The molecule has 6 nitrogen and oxygen atoms in total. The SMILES string of the molecule is CN=C(NCCc1coc(-c2ccc(F)cc2)n1)NCCc1ccco1. The fourth-order valence-electron chi connectivity index (χ4n) is 2.44. The fraction of sp³-hybridized carbons (Fsp3) is 0.263. The second-order valence-corrected chi connectivity index (χ2v) is 5.66. The molecule has 26 heavy (non-hydrogen) atoms. The van der Waals surface area contributed by atoms with Gasteiger partial charge in [0.25, 0.3) is 0 Å². The van der Waals surface area contributed by atoms with E-state index in [0.717, 1.165) is 35.9 Å². The summed E-state index contributed by atoms with van der Waals surface area (Å²) in [5.74, 6) is 1.86. The summed E-state index contributed by atoms with van der Waals surface area (Å²) in [4.78, 5) is 8.61. The highest BCUT2D eigenvalue weighted by molar-refractivity contribution is 5.79. The van der Waals surface area contributed by atoms with Gasteiger partial charge in [0.1, 0.15) is 17.8 Å². The monoisotopic (exact) mass is 356 g/mol. The van der Waals surface area contributed by atoms with Crippen LogP contribution in [-0.4, -0.2) is 31.1 Å². The van der Waals surface area contributed by atoms with E-state index in [0.29, 0.717) is 18.9 Å². The molecule has 0 amide bonds. The van der Waals surface area contributed by atoms with E-state index in [1.54, 1.807) is 31.7 Å². The molecular formula is C19H21FN4O2. The minimum absolute atomic E-state index is 0.282. The number of guanidine groups is 1. The third-order valence-electron chi connectivity index (χ3n) is 3.78. The first-order chi connectivity index (χ1) is 12.7. The largest absolute Gasteiger partial charge is 0.469 e. The number of aromatic nitrogens is 1. The predicted octanol–water partition coefficient (Wildman–Crippen LogP) is 3.02. The van der Waals surface area contributed by atoms with Crippen molar-refractivity contribution in [3.8, 4) is 11.5 Å². The molecule has 0 aliphatic carbocycles. The van der Waals surface area contributed by atoms with Crippen LogP contribution >= 0.6 is 0 Å². The Hall–Kier alpha value is -3.09. The van der Waals surface area contributed by atoms with Crippen LogP contribution in [0.5, 0.6) is 0 Å². The van der Waals surface area contributed by atoms with Gasteiger partial charge < -0.3 is 19.5 Å². The van der Waals surface area contributed by atoms with Gasteiger partial charge in [-0.25, -0.2) is 9.37 Å². The molecule has 0 unspecified atom stereocenters. The summed E-state index contributed by atoms with van der Waals surface area (Å²) in [7, 11) is 1.73. The quantitative estimate of drug-likeness (QED) is 0.503. The van der Waals surface area contributed by atoms with Crippen molar-refractivity contribution >= 4 is 5.96 Å². The topological polar surface area (TPSA) is 75.6 Å². The van der Waals surface area contributed by atoms with E-state index in [1.807, 2.05) is 12.1 Å². The van der Waals surface area contributed by atoms with E-state index < -0.39 is 0 Å². The number of oxazole rings is 1. The van der Waals surface area contributed by atoms with Gasteiger partial charge in [-0.05, 0) is 36.4 Å². The molecule has 136 valence electrons. The third-order valence-corrected chi connectivity index (χ3v) is 3.78. The predicted molar refractivity (Wildman–Crippen MR) is 97.4 cm³/mol. The molecule has 0 bridgehead atoms. The van der Waals surface area contributed by atoms with Crippen LogP contribution in [0.25, 0.3) is 11.5 Å². The zero-order valence-corrected chi connectivity index (χ0v) is 14.5. The molecule has 0 saturated heterocycles. The summed E-state index contributed by atoms with van der Waals surface area (Å²) in [5.41, 5.74) is 1.57. The van der Waals surface area contributed by atoms with Crippen molar-refractivity contribution < 1.29 is 13.2 Å². The Morgan fingerprint density at radius 2 is 1.85 bits per heavy atom. The minimum Gasteiger partial charge on any atom is -0.469 e. The zero-order chi connectivity index (χ0) is 18.2. The number of furan rings is 1. The number of aliphatic imine (C=N–C) groups is 1. The second-order valence-electron chi connectivity index (χ2n) is 5.66. The first-order valence-corrected chi connectivity index (χ1v) is 8.42. The average Bonchev–Trinajstić information content (AvgIpc) is 3.33. The third kappa shape index (κ3) is 4.95. The highest BCUT2D eigenvalue weighted by atomic mass is 19.1. The Bertz CT molecular complexity index is 826. The highest BCUT2D eigenvalue weighted by Crippen LogP contribution is 2.18. The lowest BCUT2D eigenvalue weighted by Gasteiger charge is -2.10. The van der Waals surface area contributed by atoms with E-state index in [-0.39, 0.29) is 5.82 Å². The van der Waals surface area contributed by atoms with Crippen LogP contribution in [0.15, 0.2) is 62.8 Å². The van der Waals surface area contributed by atoms with Gasteiger partial charge in [0.2, 0.25) is 5.89 Å². The maximum Gasteiger partial charge on any atom is 0.226 e. The van der Waals surface area contributed by atoms with E-state index in [9.17, 15) is 4.39 Å². The van der Waals surface area contributed by atoms with Gasteiger partial charge in [0.05, 0.1) is 12.0 Å². The number of nitrogens with zero attached hydrogens (tertiary/aromatic N) is 2. The van der Waals surface area contributed by atoms with Crippen molar-refractivity contribution in [2.75, 3.05) is 20.1 Å². The van der Waals surface area contributed by atoms with Crippen LogP contribution in [0.1, 0.15) is 11.5 Å². The number of hydrogen-bond acceptors (Lipinski definition) is 4. The molecule has 2 aromatic heterocycles. The summed E-state index contributed by atoms with van der Waals surface area (Å²) in [6, 6.07) is 9.89. The number of benzene rings is 1. The van der Waals surface area contributed by atoms with Crippen molar-refractivity contribution in [3.05, 3.63) is 66.2 Å². The molecule has 1 aromatic carbocycles. The van der Waals surface area contributed by atoms with Crippen LogP contribution in [0.3, 0.4) is 0 Å². The van der Waals surface area contributed by atoms with E-state index in [1.165, 1.54) is 12.1 Å². The summed E-state index contributed by atoms with van der Waals surface area (Å²) < 4.78 is 23.7. The number of nitrogens with one attached hydrogen (secondary N) is 2. The van der Waals surface area contributed by atoms with Crippen LogP contribution < -0.4 is 10.6 Å². The van der Waals surface area contributed by atoms with E-state index in [4.69, 9.17) is 8.83 Å². The van der Waals surface area contributed by atoms with Crippen molar-refractivity contribution in [2.24, 2.45) is 4.99 Å².